The molecule has 0 saturated carbocycles. The summed E-state index contributed by atoms with van der Waals surface area (Å²) in [4.78, 5) is 24.7. The van der Waals surface area contributed by atoms with E-state index in [0.29, 0.717) is 11.6 Å². The van der Waals surface area contributed by atoms with Gasteiger partial charge in [0.2, 0.25) is 0 Å². The molecule has 1 amide bonds. The van der Waals surface area contributed by atoms with Crippen LogP contribution in [0.15, 0.2) is 18.2 Å². The molecule has 29 heavy (non-hydrogen) atoms. The molecule has 2 aliphatic rings. The molecule has 4 heterocycles. The highest BCUT2D eigenvalue weighted by Crippen LogP contribution is 2.34. The van der Waals surface area contributed by atoms with Crippen LogP contribution in [0.1, 0.15) is 66.2 Å². The summed E-state index contributed by atoms with van der Waals surface area (Å²) >= 11 is 0. The number of H-pyrrole nitrogens is 1. The number of hydrogen-bond donors (Lipinski definition) is 1. The molecule has 2 saturated heterocycles. The SMILES string of the molecule is Cc1cc(N2CCN(C)CC2)cc([C@H]2CCCN2C(=O)c2cc(C(C)C)[nH]n2)n1. The minimum atomic E-state index is 0.0000958. The lowest BCUT2D eigenvalue weighted by molar-refractivity contribution is 0.0726. The molecule has 0 bridgehead atoms. The van der Waals surface area contributed by atoms with E-state index in [-0.39, 0.29) is 11.9 Å². The first-order valence-electron chi connectivity index (χ1n) is 10.7. The average molecular weight is 397 g/mol. The molecule has 2 aliphatic heterocycles. The number of amides is 1. The molecule has 7 nitrogen and oxygen atoms in total. The van der Waals surface area contributed by atoms with E-state index in [1.807, 2.05) is 17.9 Å². The zero-order valence-corrected chi connectivity index (χ0v) is 18.0. The third-order valence-corrected chi connectivity index (χ3v) is 6.12. The molecular formula is C22H32N6O. The molecule has 0 aliphatic carbocycles. The molecule has 1 N–H and O–H groups in total. The number of likely N-dealkylation sites (N-methyl/N-ethyl adjacent to an activating group) is 1. The summed E-state index contributed by atoms with van der Waals surface area (Å²) in [6.45, 7) is 11.2. The molecule has 2 aromatic heterocycles. The van der Waals surface area contributed by atoms with Gasteiger partial charge in [-0.05, 0) is 50.9 Å². The molecule has 0 radical (unpaired) electrons. The van der Waals surface area contributed by atoms with Crippen LogP contribution < -0.4 is 4.90 Å². The number of aryl methyl sites for hydroxylation is 1. The summed E-state index contributed by atoms with van der Waals surface area (Å²) in [6.07, 6.45) is 1.95. The summed E-state index contributed by atoms with van der Waals surface area (Å²) in [5.74, 6) is 0.322. The van der Waals surface area contributed by atoms with E-state index in [0.717, 1.165) is 62.6 Å². The molecule has 0 aromatic carbocycles. The fourth-order valence-electron chi connectivity index (χ4n) is 4.30. The van der Waals surface area contributed by atoms with Crippen molar-refractivity contribution < 1.29 is 4.79 Å². The van der Waals surface area contributed by atoms with Crippen LogP contribution in [0.5, 0.6) is 0 Å². The Hall–Kier alpha value is -2.41. The highest BCUT2D eigenvalue weighted by molar-refractivity contribution is 5.93. The van der Waals surface area contributed by atoms with Gasteiger partial charge >= 0.3 is 0 Å². The van der Waals surface area contributed by atoms with Gasteiger partial charge in [-0.2, -0.15) is 5.10 Å². The standard InChI is InChI=1S/C22H32N6O/c1-15(2)18-14-20(25-24-18)22(29)28-7-5-6-21(28)19-13-17(12-16(3)23-19)27-10-8-26(4)9-11-27/h12-15,21H,5-11H2,1-4H3,(H,24,25)/t21-/m1/s1. The number of piperazine rings is 1. The largest absolute Gasteiger partial charge is 0.369 e. The Bertz CT molecular complexity index is 868. The minimum absolute atomic E-state index is 0.0000958. The number of rotatable bonds is 4. The van der Waals surface area contributed by atoms with E-state index in [1.54, 1.807) is 0 Å². The molecule has 0 unspecified atom stereocenters. The number of hydrogen-bond acceptors (Lipinski definition) is 5. The molecule has 2 fully saturated rings. The number of nitrogens with one attached hydrogen (secondary N) is 1. The zero-order chi connectivity index (χ0) is 20.5. The van der Waals surface area contributed by atoms with E-state index >= 15 is 0 Å². The topological polar surface area (TPSA) is 68.4 Å². The van der Waals surface area contributed by atoms with Crippen molar-refractivity contribution in [3.05, 3.63) is 41.0 Å². The number of aromatic nitrogens is 3. The number of likely N-dealkylation sites (tertiary alicyclic amines) is 1. The normalized spacial score (nSPS) is 20.7. The molecular weight excluding hydrogens is 364 g/mol. The van der Waals surface area contributed by atoms with Crippen molar-refractivity contribution in [2.45, 2.75) is 45.6 Å². The van der Waals surface area contributed by atoms with Crippen LogP contribution in [0.2, 0.25) is 0 Å². The maximum atomic E-state index is 13.2. The van der Waals surface area contributed by atoms with Gasteiger partial charge in [-0.3, -0.25) is 14.9 Å². The molecule has 156 valence electrons. The Morgan fingerprint density at radius 1 is 1.14 bits per heavy atom. The van der Waals surface area contributed by atoms with Crippen LogP contribution >= 0.6 is 0 Å². The lowest BCUT2D eigenvalue weighted by Gasteiger charge is -2.34. The summed E-state index contributed by atoms with van der Waals surface area (Å²) < 4.78 is 0. The second kappa shape index (κ2) is 8.14. The maximum Gasteiger partial charge on any atom is 0.274 e. The van der Waals surface area contributed by atoms with Crippen molar-refractivity contribution in [3.63, 3.8) is 0 Å². The highest BCUT2D eigenvalue weighted by Gasteiger charge is 2.33. The molecule has 1 atom stereocenters. The number of carbonyl (C=O) groups excluding carboxylic acids is 1. The van der Waals surface area contributed by atoms with Gasteiger partial charge < -0.3 is 14.7 Å². The third-order valence-electron chi connectivity index (χ3n) is 6.12. The van der Waals surface area contributed by atoms with Crippen molar-refractivity contribution in [3.8, 4) is 0 Å². The van der Waals surface area contributed by atoms with Gasteiger partial charge in [-0.15, -0.1) is 0 Å². The molecule has 4 rings (SSSR count). The maximum absolute atomic E-state index is 13.2. The Morgan fingerprint density at radius 3 is 2.59 bits per heavy atom. The monoisotopic (exact) mass is 396 g/mol. The Morgan fingerprint density at radius 2 is 1.90 bits per heavy atom. The van der Waals surface area contributed by atoms with Crippen molar-refractivity contribution in [2.24, 2.45) is 0 Å². The van der Waals surface area contributed by atoms with E-state index in [9.17, 15) is 4.79 Å². The van der Waals surface area contributed by atoms with Gasteiger partial charge in [0.1, 0.15) is 5.69 Å². The predicted molar refractivity (Wildman–Crippen MR) is 114 cm³/mol. The van der Waals surface area contributed by atoms with E-state index in [4.69, 9.17) is 4.98 Å². The third kappa shape index (κ3) is 4.15. The van der Waals surface area contributed by atoms with Gasteiger partial charge in [-0.1, -0.05) is 13.8 Å². The van der Waals surface area contributed by atoms with E-state index < -0.39 is 0 Å². The summed E-state index contributed by atoms with van der Waals surface area (Å²) in [5.41, 5.74) is 4.74. The van der Waals surface area contributed by atoms with Crippen LogP contribution in [-0.2, 0) is 0 Å². The highest BCUT2D eigenvalue weighted by atomic mass is 16.2. The lowest BCUT2D eigenvalue weighted by Crippen LogP contribution is -2.44. The first kappa shape index (κ1) is 19.9. The van der Waals surface area contributed by atoms with Gasteiger partial charge in [0.05, 0.1) is 11.7 Å². The second-order valence-electron chi connectivity index (χ2n) is 8.70. The zero-order valence-electron chi connectivity index (χ0n) is 18.0. The number of nitrogens with zero attached hydrogens (tertiary/aromatic N) is 5. The Balaban J connectivity index is 1.57. The van der Waals surface area contributed by atoms with Crippen molar-refractivity contribution in [2.75, 3.05) is 44.7 Å². The number of anilines is 1. The minimum Gasteiger partial charge on any atom is -0.369 e. The van der Waals surface area contributed by atoms with Gasteiger partial charge in [-0.25, -0.2) is 0 Å². The summed E-state index contributed by atoms with van der Waals surface area (Å²) in [6, 6.07) is 6.27. The van der Waals surface area contributed by atoms with Crippen LogP contribution in [0.4, 0.5) is 5.69 Å². The molecule has 0 spiro atoms. The second-order valence-corrected chi connectivity index (χ2v) is 8.70. The number of pyridine rings is 1. The van der Waals surface area contributed by atoms with Crippen LogP contribution in [0.25, 0.3) is 0 Å². The lowest BCUT2D eigenvalue weighted by atomic mass is 10.1. The fourth-order valence-corrected chi connectivity index (χ4v) is 4.30. The molecule has 2 aromatic rings. The quantitative estimate of drug-likeness (QED) is 0.861. The Kier molecular flexibility index (Phi) is 5.58. The fraction of sp³-hybridized carbons (Fsp3) is 0.591. The van der Waals surface area contributed by atoms with E-state index in [2.05, 4.69) is 53.0 Å². The van der Waals surface area contributed by atoms with Crippen molar-refractivity contribution >= 4 is 11.6 Å². The van der Waals surface area contributed by atoms with Crippen LogP contribution in [0, 0.1) is 6.92 Å². The van der Waals surface area contributed by atoms with Gasteiger partial charge in [0, 0.05) is 49.8 Å². The van der Waals surface area contributed by atoms with Crippen LogP contribution in [0.3, 0.4) is 0 Å². The smallest absolute Gasteiger partial charge is 0.274 e. The Labute approximate surface area is 173 Å². The van der Waals surface area contributed by atoms with Crippen LogP contribution in [-0.4, -0.2) is 70.7 Å². The van der Waals surface area contributed by atoms with Gasteiger partial charge in [0.15, 0.2) is 0 Å². The molecule has 7 heteroatoms. The first-order valence-corrected chi connectivity index (χ1v) is 10.7. The summed E-state index contributed by atoms with van der Waals surface area (Å²) in [7, 11) is 2.17. The predicted octanol–water partition coefficient (Wildman–Crippen LogP) is 2.97. The summed E-state index contributed by atoms with van der Waals surface area (Å²) in [5, 5.41) is 7.28. The van der Waals surface area contributed by atoms with E-state index in [1.165, 1.54) is 5.69 Å². The average Bonchev–Trinajstić information content (AvgIpc) is 3.37. The van der Waals surface area contributed by atoms with Crippen molar-refractivity contribution in [1.29, 1.82) is 0 Å². The van der Waals surface area contributed by atoms with Crippen molar-refractivity contribution in [1.82, 2.24) is 25.0 Å². The number of aromatic amines is 1. The van der Waals surface area contributed by atoms with Gasteiger partial charge in [0.25, 0.3) is 5.91 Å². The number of carbonyl (C=O) groups is 1. The first-order chi connectivity index (χ1) is 13.9.